The Hall–Kier alpha value is -2.66. The Balaban J connectivity index is 2.16. The van der Waals surface area contributed by atoms with Gasteiger partial charge in [-0.2, -0.15) is 5.26 Å². The van der Waals surface area contributed by atoms with Crippen LogP contribution >= 0.6 is 11.3 Å². The molecule has 24 heavy (non-hydrogen) atoms. The van der Waals surface area contributed by atoms with Crippen LogP contribution in [0.2, 0.25) is 0 Å². The zero-order chi connectivity index (χ0) is 17.6. The summed E-state index contributed by atoms with van der Waals surface area (Å²) in [6.07, 6.45) is 0.856. The highest BCUT2D eigenvalue weighted by Crippen LogP contribution is 2.49. The van der Waals surface area contributed by atoms with E-state index in [9.17, 15) is 20.2 Å². The molecule has 124 valence electrons. The van der Waals surface area contributed by atoms with Crippen LogP contribution in [0.25, 0.3) is 0 Å². The van der Waals surface area contributed by atoms with E-state index in [0.29, 0.717) is 29.1 Å². The molecule has 1 atom stereocenters. The summed E-state index contributed by atoms with van der Waals surface area (Å²) in [6, 6.07) is 3.39. The maximum Gasteiger partial charge on any atom is 0.280 e. The topological polar surface area (TPSA) is 119 Å². The summed E-state index contributed by atoms with van der Waals surface area (Å²) < 4.78 is 5.57. The van der Waals surface area contributed by atoms with Crippen LogP contribution in [0, 0.1) is 26.9 Å². The van der Waals surface area contributed by atoms with E-state index >= 15 is 0 Å². The smallest absolute Gasteiger partial charge is 0.280 e. The summed E-state index contributed by atoms with van der Waals surface area (Å²) in [7, 11) is 0. The van der Waals surface area contributed by atoms with Crippen LogP contribution < -0.4 is 5.73 Å². The first-order chi connectivity index (χ1) is 11.2. The number of Topliss-reactive ketones (excluding diaryl/α,β-unsaturated/α-hetero) is 1. The number of rotatable bonds is 2. The number of hydrogen-bond donors (Lipinski definition) is 1. The number of nitriles is 1. The minimum absolute atomic E-state index is 0.0391. The normalized spacial score (nSPS) is 22.7. The molecule has 1 aromatic rings. The van der Waals surface area contributed by atoms with Crippen LogP contribution in [-0.2, 0) is 9.53 Å². The van der Waals surface area contributed by atoms with Gasteiger partial charge in [-0.25, -0.2) is 0 Å². The second-order valence-electron chi connectivity index (χ2n) is 6.67. The SMILES string of the molecule is CC1(C)CC(=O)C2=C(C1)OC(N)=C(C#N)C2c1cc([N+](=O)[O-])cs1. The molecule has 0 bridgehead atoms. The van der Waals surface area contributed by atoms with E-state index in [-0.39, 0.29) is 28.3 Å². The molecule has 0 spiro atoms. The van der Waals surface area contributed by atoms with E-state index in [1.807, 2.05) is 19.9 Å². The van der Waals surface area contributed by atoms with E-state index in [4.69, 9.17) is 10.5 Å². The molecule has 2 N–H and O–H groups in total. The molecule has 8 heteroatoms. The fourth-order valence-corrected chi connectivity index (χ4v) is 4.13. The standard InChI is InChI=1S/C16H15N3O4S/c1-16(2)4-10(20)14-11(5-16)23-15(18)9(6-17)13(14)12-3-8(7-24-12)19(21)22/h3,7,13H,4-5,18H2,1-2H3. The van der Waals surface area contributed by atoms with Crippen molar-refractivity contribution in [1.29, 1.82) is 5.26 Å². The number of ether oxygens (including phenoxy) is 1. The van der Waals surface area contributed by atoms with Crippen molar-refractivity contribution < 1.29 is 14.5 Å². The third kappa shape index (κ3) is 2.57. The maximum absolute atomic E-state index is 12.7. The highest BCUT2D eigenvalue weighted by molar-refractivity contribution is 7.10. The first-order valence-corrected chi connectivity index (χ1v) is 8.18. The molecule has 1 aromatic heterocycles. The third-order valence-electron chi connectivity index (χ3n) is 4.18. The van der Waals surface area contributed by atoms with E-state index in [1.165, 1.54) is 11.4 Å². The quantitative estimate of drug-likeness (QED) is 0.649. The van der Waals surface area contributed by atoms with Crippen LogP contribution in [0.1, 0.15) is 37.5 Å². The molecule has 2 aliphatic rings. The van der Waals surface area contributed by atoms with Crippen molar-refractivity contribution in [3.05, 3.63) is 49.2 Å². The number of carbonyl (C=O) groups is 1. The number of thiophene rings is 1. The third-order valence-corrected chi connectivity index (χ3v) is 5.16. The molecule has 3 rings (SSSR count). The Morgan fingerprint density at radius 1 is 1.50 bits per heavy atom. The van der Waals surface area contributed by atoms with E-state index < -0.39 is 10.8 Å². The van der Waals surface area contributed by atoms with Crippen LogP contribution in [0.15, 0.2) is 34.2 Å². The predicted octanol–water partition coefficient (Wildman–Crippen LogP) is 3.11. The van der Waals surface area contributed by atoms with Crippen LogP contribution in [0.4, 0.5) is 5.69 Å². The lowest BCUT2D eigenvalue weighted by atomic mass is 9.71. The molecular weight excluding hydrogens is 330 g/mol. The number of allylic oxidation sites excluding steroid dienone is 3. The number of carbonyl (C=O) groups excluding carboxylic acids is 1. The van der Waals surface area contributed by atoms with Crippen molar-refractivity contribution in [2.45, 2.75) is 32.6 Å². The van der Waals surface area contributed by atoms with Crippen LogP contribution in [0.3, 0.4) is 0 Å². The zero-order valence-electron chi connectivity index (χ0n) is 13.2. The largest absolute Gasteiger partial charge is 0.444 e. The van der Waals surface area contributed by atoms with E-state index in [2.05, 4.69) is 0 Å². The van der Waals surface area contributed by atoms with Gasteiger partial charge in [0.05, 0.1) is 16.2 Å². The Bertz CT molecular complexity index is 857. The van der Waals surface area contributed by atoms with Gasteiger partial charge in [0, 0.05) is 29.4 Å². The molecule has 0 amide bonds. The molecule has 1 aliphatic heterocycles. The second kappa shape index (κ2) is 5.46. The number of nitro groups is 1. The van der Waals surface area contributed by atoms with E-state index in [1.54, 1.807) is 0 Å². The first kappa shape index (κ1) is 16.2. The Morgan fingerprint density at radius 2 is 2.21 bits per heavy atom. The Kier molecular flexibility index (Phi) is 3.68. The van der Waals surface area contributed by atoms with Gasteiger partial charge in [0.15, 0.2) is 5.78 Å². The lowest BCUT2D eigenvalue weighted by molar-refractivity contribution is -0.384. The minimum atomic E-state index is -0.693. The lowest BCUT2D eigenvalue weighted by Gasteiger charge is -2.36. The molecule has 0 fully saturated rings. The number of nitrogens with two attached hydrogens (primary N) is 1. The van der Waals surface area contributed by atoms with Gasteiger partial charge in [0.2, 0.25) is 5.88 Å². The summed E-state index contributed by atoms with van der Waals surface area (Å²) >= 11 is 1.14. The lowest BCUT2D eigenvalue weighted by Crippen LogP contribution is -2.33. The van der Waals surface area contributed by atoms with Crippen molar-refractivity contribution in [3.63, 3.8) is 0 Å². The predicted molar refractivity (Wildman–Crippen MR) is 86.7 cm³/mol. The number of hydrogen-bond acceptors (Lipinski definition) is 7. The first-order valence-electron chi connectivity index (χ1n) is 7.30. The fraction of sp³-hybridized carbons (Fsp3) is 0.375. The maximum atomic E-state index is 12.7. The van der Waals surface area contributed by atoms with Crippen molar-refractivity contribution >= 4 is 22.8 Å². The van der Waals surface area contributed by atoms with E-state index in [0.717, 1.165) is 11.3 Å². The van der Waals surface area contributed by atoms with Gasteiger partial charge >= 0.3 is 0 Å². The van der Waals surface area contributed by atoms with Crippen LogP contribution in [-0.4, -0.2) is 10.7 Å². The van der Waals surface area contributed by atoms with Gasteiger partial charge in [-0.15, -0.1) is 11.3 Å². The molecule has 7 nitrogen and oxygen atoms in total. The summed E-state index contributed by atoms with van der Waals surface area (Å²) in [4.78, 5) is 23.7. The zero-order valence-corrected chi connectivity index (χ0v) is 14.0. The Labute approximate surface area is 142 Å². The molecule has 0 saturated heterocycles. The van der Waals surface area contributed by atoms with Gasteiger partial charge in [-0.1, -0.05) is 13.8 Å². The second-order valence-corrected chi connectivity index (χ2v) is 7.61. The molecular formula is C16H15N3O4S. The van der Waals surface area contributed by atoms with Gasteiger partial charge < -0.3 is 10.5 Å². The minimum Gasteiger partial charge on any atom is -0.444 e. The summed E-state index contributed by atoms with van der Waals surface area (Å²) in [5.74, 6) is -0.375. The van der Waals surface area contributed by atoms with Crippen molar-refractivity contribution in [2.75, 3.05) is 0 Å². The van der Waals surface area contributed by atoms with Gasteiger partial charge in [0.1, 0.15) is 17.4 Å². The van der Waals surface area contributed by atoms with Gasteiger partial charge in [-0.3, -0.25) is 14.9 Å². The summed E-state index contributed by atoms with van der Waals surface area (Å²) in [6.45, 7) is 3.92. The van der Waals surface area contributed by atoms with Crippen molar-refractivity contribution in [1.82, 2.24) is 0 Å². The molecule has 0 aromatic carbocycles. The fourth-order valence-electron chi connectivity index (χ4n) is 3.16. The highest BCUT2D eigenvalue weighted by Gasteiger charge is 2.43. The number of ketones is 1. The molecule has 0 radical (unpaired) electrons. The van der Waals surface area contributed by atoms with Crippen molar-refractivity contribution in [2.24, 2.45) is 11.1 Å². The Morgan fingerprint density at radius 3 is 2.79 bits per heavy atom. The number of nitrogens with zero attached hydrogens (tertiary/aromatic N) is 2. The average molecular weight is 345 g/mol. The van der Waals surface area contributed by atoms with Gasteiger partial charge in [-0.05, 0) is 5.41 Å². The van der Waals surface area contributed by atoms with Crippen LogP contribution in [0.5, 0.6) is 0 Å². The highest BCUT2D eigenvalue weighted by atomic mass is 32.1. The molecule has 0 saturated carbocycles. The molecule has 1 aliphatic carbocycles. The molecule has 1 unspecified atom stereocenters. The monoisotopic (exact) mass is 345 g/mol. The average Bonchev–Trinajstić information content (AvgIpc) is 2.94. The van der Waals surface area contributed by atoms with Gasteiger partial charge in [0.25, 0.3) is 5.69 Å². The van der Waals surface area contributed by atoms with Crippen molar-refractivity contribution in [3.8, 4) is 6.07 Å². The summed E-state index contributed by atoms with van der Waals surface area (Å²) in [5, 5.41) is 21.8. The molecule has 2 heterocycles. The summed E-state index contributed by atoms with van der Waals surface area (Å²) in [5.41, 5.74) is 6.08.